The van der Waals surface area contributed by atoms with E-state index >= 15 is 0 Å². The Morgan fingerprint density at radius 2 is 1.86 bits per heavy atom. The molecule has 2 N–H and O–H groups in total. The number of nitrogens with zero attached hydrogens (tertiary/aromatic N) is 6. The summed E-state index contributed by atoms with van der Waals surface area (Å²) in [5, 5.41) is 23.8. The summed E-state index contributed by atoms with van der Waals surface area (Å²) in [5.41, 5.74) is 3.98. The summed E-state index contributed by atoms with van der Waals surface area (Å²) < 4.78 is 21.7. The van der Waals surface area contributed by atoms with Crippen molar-refractivity contribution in [3.05, 3.63) is 75.5 Å². The number of halogens is 1. The third kappa shape index (κ3) is 7.68. The van der Waals surface area contributed by atoms with Crippen LogP contribution in [0, 0.1) is 12.7 Å². The van der Waals surface area contributed by atoms with E-state index in [-0.39, 0.29) is 23.9 Å². The molecule has 0 atom stereocenters. The number of hydrogen-bond acceptors (Lipinski definition) is 11. The first-order valence-corrected chi connectivity index (χ1v) is 18.7. The third-order valence-electron chi connectivity index (χ3n) is 9.22. The molecule has 3 aromatic heterocycles. The number of aromatic carboxylic acids is 1. The van der Waals surface area contributed by atoms with Crippen LogP contribution in [0.1, 0.15) is 70.6 Å². The van der Waals surface area contributed by atoms with Crippen molar-refractivity contribution < 1.29 is 19.0 Å². The number of aryl methyl sites for hydroxylation is 2. The van der Waals surface area contributed by atoms with Gasteiger partial charge in [-0.3, -0.25) is 0 Å². The highest BCUT2D eigenvalue weighted by Gasteiger charge is 2.28. The number of carboxylic acids is 1. The smallest absolute Gasteiger partial charge is 0.355 e. The number of thiazole rings is 2. The maximum atomic E-state index is 14.8. The van der Waals surface area contributed by atoms with Gasteiger partial charge in [0, 0.05) is 22.5 Å². The van der Waals surface area contributed by atoms with Crippen molar-refractivity contribution in [2.45, 2.75) is 64.7 Å². The Labute approximate surface area is 293 Å². The molecule has 0 unspecified atom stereocenters. The second kappa shape index (κ2) is 15.1. The van der Waals surface area contributed by atoms with Crippen molar-refractivity contribution in [1.29, 1.82) is 0 Å². The van der Waals surface area contributed by atoms with Gasteiger partial charge in [0.2, 0.25) is 0 Å². The molecule has 0 radical (unpaired) electrons. The summed E-state index contributed by atoms with van der Waals surface area (Å²) in [4.78, 5) is 26.5. The van der Waals surface area contributed by atoms with Crippen LogP contribution in [-0.2, 0) is 19.3 Å². The van der Waals surface area contributed by atoms with E-state index in [0.717, 1.165) is 64.3 Å². The monoisotopic (exact) mass is 701 g/mol. The lowest BCUT2D eigenvalue weighted by molar-refractivity contribution is 0.0690. The van der Waals surface area contributed by atoms with Crippen LogP contribution in [0.3, 0.4) is 0 Å². The molecule has 2 aliphatic heterocycles. The lowest BCUT2D eigenvalue weighted by Gasteiger charge is -2.28. The molecular formula is C36H40FN7O3S2. The SMILES string of the molecule is Cc1c(Nc2nc3ccccc3s2)nnc2c1CCCN2c1nc(C(=O)O)c(CCCOc2ccc(CCCN3CCCCC3)cc2F)s1. The Bertz CT molecular complexity index is 1910. The van der Waals surface area contributed by atoms with Crippen molar-refractivity contribution in [2.24, 2.45) is 0 Å². The van der Waals surface area contributed by atoms with E-state index in [1.54, 1.807) is 23.5 Å². The molecule has 49 heavy (non-hydrogen) atoms. The molecule has 0 spiro atoms. The highest BCUT2D eigenvalue weighted by molar-refractivity contribution is 7.22. The number of carbonyl (C=O) groups is 1. The van der Waals surface area contributed by atoms with Crippen molar-refractivity contribution in [3.8, 4) is 5.75 Å². The molecule has 2 aliphatic rings. The maximum absolute atomic E-state index is 14.8. The number of ether oxygens (including phenoxy) is 1. The number of carboxylic acid groups (broad SMARTS) is 1. The zero-order chi connectivity index (χ0) is 33.7. The van der Waals surface area contributed by atoms with Crippen LogP contribution in [-0.4, -0.2) is 68.9 Å². The Morgan fingerprint density at radius 3 is 2.67 bits per heavy atom. The van der Waals surface area contributed by atoms with Crippen LogP contribution in [0.15, 0.2) is 42.5 Å². The Morgan fingerprint density at radius 1 is 1.00 bits per heavy atom. The number of benzene rings is 2. The van der Waals surface area contributed by atoms with Gasteiger partial charge in [0.15, 0.2) is 39.2 Å². The molecule has 0 saturated carbocycles. The summed E-state index contributed by atoms with van der Waals surface area (Å²) in [5.74, 6) is 0.143. The van der Waals surface area contributed by atoms with Gasteiger partial charge in [-0.1, -0.05) is 36.0 Å². The summed E-state index contributed by atoms with van der Waals surface area (Å²) in [6, 6.07) is 13.2. The number of anilines is 4. The zero-order valence-corrected chi connectivity index (χ0v) is 29.2. The lowest BCUT2D eigenvalue weighted by atomic mass is 10.0. The average Bonchev–Trinajstić information content (AvgIpc) is 3.73. The first kappa shape index (κ1) is 33.3. The molecule has 1 saturated heterocycles. The van der Waals surface area contributed by atoms with Crippen LogP contribution < -0.4 is 15.0 Å². The van der Waals surface area contributed by atoms with E-state index in [2.05, 4.69) is 30.4 Å². The minimum absolute atomic E-state index is 0.0333. The maximum Gasteiger partial charge on any atom is 0.355 e. The molecular weight excluding hydrogens is 662 g/mol. The summed E-state index contributed by atoms with van der Waals surface area (Å²) in [6.07, 6.45) is 8.40. The molecule has 10 nitrogen and oxygen atoms in total. The van der Waals surface area contributed by atoms with Gasteiger partial charge >= 0.3 is 5.97 Å². The lowest BCUT2D eigenvalue weighted by Crippen LogP contribution is -2.30. The van der Waals surface area contributed by atoms with Crippen molar-refractivity contribution in [3.63, 3.8) is 0 Å². The van der Waals surface area contributed by atoms with Crippen LogP contribution in [0.25, 0.3) is 10.2 Å². The van der Waals surface area contributed by atoms with Crippen LogP contribution in [0.4, 0.5) is 26.3 Å². The molecule has 256 valence electrons. The van der Waals surface area contributed by atoms with Gasteiger partial charge in [0.1, 0.15) is 0 Å². The van der Waals surface area contributed by atoms with E-state index in [1.807, 2.05) is 42.2 Å². The van der Waals surface area contributed by atoms with Gasteiger partial charge in [-0.15, -0.1) is 21.5 Å². The van der Waals surface area contributed by atoms with Gasteiger partial charge in [0.25, 0.3) is 0 Å². The molecule has 0 aliphatic carbocycles. The second-order valence-corrected chi connectivity index (χ2v) is 14.7. The van der Waals surface area contributed by atoms with Gasteiger partial charge in [-0.05, 0) is 108 Å². The zero-order valence-electron chi connectivity index (χ0n) is 27.6. The fourth-order valence-corrected chi connectivity index (χ4v) is 8.61. The molecule has 0 amide bonds. The molecule has 0 bridgehead atoms. The predicted octanol–water partition coefficient (Wildman–Crippen LogP) is 7.95. The number of para-hydroxylation sites is 1. The van der Waals surface area contributed by atoms with Gasteiger partial charge < -0.3 is 25.0 Å². The minimum atomic E-state index is -1.07. The van der Waals surface area contributed by atoms with E-state index in [4.69, 9.17) is 4.74 Å². The van der Waals surface area contributed by atoms with E-state index < -0.39 is 5.97 Å². The first-order chi connectivity index (χ1) is 23.9. The summed E-state index contributed by atoms with van der Waals surface area (Å²) in [7, 11) is 0. The topological polar surface area (TPSA) is 117 Å². The first-order valence-electron chi connectivity index (χ1n) is 17.1. The van der Waals surface area contributed by atoms with E-state index in [9.17, 15) is 14.3 Å². The number of aromatic nitrogens is 4. The molecule has 5 aromatic rings. The second-order valence-electron chi connectivity index (χ2n) is 12.6. The van der Waals surface area contributed by atoms with Crippen molar-refractivity contribution in [2.75, 3.05) is 43.0 Å². The van der Waals surface area contributed by atoms with Gasteiger partial charge in [-0.2, -0.15) is 0 Å². The van der Waals surface area contributed by atoms with Crippen LogP contribution in [0.5, 0.6) is 5.75 Å². The van der Waals surface area contributed by atoms with E-state index in [0.29, 0.717) is 41.0 Å². The van der Waals surface area contributed by atoms with Crippen molar-refractivity contribution in [1.82, 2.24) is 25.1 Å². The predicted molar refractivity (Wildman–Crippen MR) is 193 cm³/mol. The fourth-order valence-electron chi connectivity index (χ4n) is 6.62. The highest BCUT2D eigenvalue weighted by atomic mass is 32.1. The average molecular weight is 702 g/mol. The Kier molecular flexibility index (Phi) is 10.3. The molecule has 1 fully saturated rings. The number of likely N-dealkylation sites (tertiary alicyclic amines) is 1. The van der Waals surface area contributed by atoms with Gasteiger partial charge in [0.05, 0.1) is 16.8 Å². The number of fused-ring (bicyclic) bond motifs is 2. The number of rotatable bonds is 13. The molecule has 7 rings (SSSR count). The number of hydrogen-bond donors (Lipinski definition) is 2. The third-order valence-corrected chi connectivity index (χ3v) is 11.3. The van der Waals surface area contributed by atoms with Gasteiger partial charge in [-0.25, -0.2) is 19.2 Å². The molecule has 2 aromatic carbocycles. The normalized spacial score (nSPS) is 15.0. The van der Waals surface area contributed by atoms with Crippen LogP contribution >= 0.6 is 22.7 Å². The van der Waals surface area contributed by atoms with Crippen molar-refractivity contribution >= 4 is 60.8 Å². The summed E-state index contributed by atoms with van der Waals surface area (Å²) in [6.45, 7) is 6.34. The highest BCUT2D eigenvalue weighted by Crippen LogP contribution is 2.39. The van der Waals surface area contributed by atoms with Crippen LogP contribution in [0.2, 0.25) is 0 Å². The fraction of sp³-hybridized carbons (Fsp3) is 0.417. The Balaban J connectivity index is 0.972. The summed E-state index contributed by atoms with van der Waals surface area (Å²) >= 11 is 2.92. The quantitative estimate of drug-likeness (QED) is 0.117. The number of nitrogens with one attached hydrogen (secondary N) is 1. The number of piperidine rings is 1. The standard InChI is InChI=1S/C36H40FN7O3S2/c1-23-25-11-8-20-44(33(25)42-41-32(23)40-35-38-27-12-3-4-13-29(27)48-35)36-39-31(34(45)46)30(49-36)14-9-21-47-28-16-15-24(22-26(28)37)10-7-19-43-17-5-2-6-18-43/h3-4,12-13,15-16,22H,2,5-11,14,17-21H2,1H3,(H,45,46)(H,38,40,41). The molecule has 5 heterocycles. The Hall–Kier alpha value is -4.20. The minimum Gasteiger partial charge on any atom is -0.491 e. The van der Waals surface area contributed by atoms with E-state index in [1.165, 1.54) is 43.7 Å². The largest absolute Gasteiger partial charge is 0.491 e. The molecule has 13 heteroatoms.